The smallest absolute Gasteiger partial charge is 0.410 e. The topological polar surface area (TPSA) is 76.5 Å². The maximum absolute atomic E-state index is 13.9. The second-order valence-corrected chi connectivity index (χ2v) is 13.2. The molecule has 2 aromatic carbocycles. The van der Waals surface area contributed by atoms with Gasteiger partial charge >= 0.3 is 6.09 Å². The van der Waals surface area contributed by atoms with E-state index in [0.717, 1.165) is 31.2 Å². The number of nitrogens with zero attached hydrogens (tertiary/aromatic N) is 3. The Morgan fingerprint density at radius 1 is 1.07 bits per heavy atom. The summed E-state index contributed by atoms with van der Waals surface area (Å²) in [5.74, 6) is -0.273. The van der Waals surface area contributed by atoms with E-state index in [0.29, 0.717) is 38.5 Å². The number of ether oxygens (including phenoxy) is 1. The van der Waals surface area contributed by atoms with E-state index < -0.39 is 11.7 Å². The van der Waals surface area contributed by atoms with E-state index in [1.54, 1.807) is 39.9 Å². The first-order valence-electron chi connectivity index (χ1n) is 14.7. The zero-order chi connectivity index (χ0) is 30.9. The van der Waals surface area contributed by atoms with Crippen LogP contribution in [0.25, 0.3) is 17.3 Å². The van der Waals surface area contributed by atoms with Crippen molar-refractivity contribution in [3.05, 3.63) is 80.8 Å². The first-order chi connectivity index (χ1) is 20.4. The first kappa shape index (κ1) is 31.1. The molecule has 1 atom stereocenters. The Morgan fingerprint density at radius 2 is 1.77 bits per heavy atom. The average molecular weight is 628 g/mol. The Bertz CT molecular complexity index is 1540. The quantitative estimate of drug-likeness (QED) is 0.309. The number of rotatable bonds is 5. The largest absolute Gasteiger partial charge is 0.444 e. The predicted octanol–water partition coefficient (Wildman–Crippen LogP) is 8.31. The number of halogens is 3. The van der Waals surface area contributed by atoms with Gasteiger partial charge in [-0.1, -0.05) is 54.6 Å². The number of fused-ring (bicyclic) bond motifs is 1. The number of carbonyl (C=O) groups is 2. The highest BCUT2D eigenvalue weighted by molar-refractivity contribution is 6.35. The summed E-state index contributed by atoms with van der Waals surface area (Å²) in [5, 5.41) is 8.84. The van der Waals surface area contributed by atoms with Gasteiger partial charge in [0, 0.05) is 16.6 Å². The third kappa shape index (κ3) is 7.24. The molecule has 1 aliphatic heterocycles. The molecule has 0 spiro atoms. The lowest BCUT2D eigenvalue weighted by Crippen LogP contribution is -2.41. The molecule has 1 saturated carbocycles. The van der Waals surface area contributed by atoms with Crippen LogP contribution in [0.4, 0.5) is 9.18 Å². The van der Waals surface area contributed by atoms with Gasteiger partial charge < -0.3 is 10.1 Å². The van der Waals surface area contributed by atoms with Crippen LogP contribution in [0.15, 0.2) is 42.5 Å². The van der Waals surface area contributed by atoms with Gasteiger partial charge in [0.15, 0.2) is 5.69 Å². The van der Waals surface area contributed by atoms with Gasteiger partial charge in [-0.3, -0.25) is 9.69 Å². The molecule has 7 nitrogen and oxygen atoms in total. The van der Waals surface area contributed by atoms with E-state index >= 15 is 0 Å². The number of aromatic nitrogens is 2. The van der Waals surface area contributed by atoms with Crippen LogP contribution in [-0.4, -0.2) is 44.9 Å². The minimum absolute atomic E-state index is 0.0347. The molecule has 2 heterocycles. The number of nitrogens with one attached hydrogen (secondary N) is 1. The fraction of sp³-hybridized carbons (Fsp3) is 0.424. The second kappa shape index (κ2) is 12.7. The zero-order valence-corrected chi connectivity index (χ0v) is 26.4. The van der Waals surface area contributed by atoms with Crippen molar-refractivity contribution in [1.82, 2.24) is 20.0 Å². The van der Waals surface area contributed by atoms with E-state index in [-0.39, 0.29) is 36.5 Å². The molecule has 10 heteroatoms. The SMILES string of the molecule is CC(NC(=O)c1nn(-c2ccc(Cl)cc2Cl)c2c1CN(C(=O)OC(C)(C)C)C/C2=C\c1ccc(F)cc1)C1CCCCC1. The van der Waals surface area contributed by atoms with Crippen molar-refractivity contribution in [2.24, 2.45) is 5.92 Å². The Balaban J connectivity index is 1.64. The van der Waals surface area contributed by atoms with Crippen molar-refractivity contribution >= 4 is 46.9 Å². The molecule has 228 valence electrons. The lowest BCUT2D eigenvalue weighted by atomic mass is 9.84. The summed E-state index contributed by atoms with van der Waals surface area (Å²) in [6, 6.07) is 11.1. The summed E-state index contributed by atoms with van der Waals surface area (Å²) >= 11 is 12.9. The third-order valence-electron chi connectivity index (χ3n) is 7.93. The Hall–Kier alpha value is -3.36. The zero-order valence-electron chi connectivity index (χ0n) is 24.9. The van der Waals surface area contributed by atoms with Crippen molar-refractivity contribution in [3.63, 3.8) is 0 Å². The average Bonchev–Trinajstić information content (AvgIpc) is 3.33. The first-order valence-corrected chi connectivity index (χ1v) is 15.5. The van der Waals surface area contributed by atoms with E-state index in [1.165, 1.54) is 18.6 Å². The molecule has 1 fully saturated rings. The summed E-state index contributed by atoms with van der Waals surface area (Å²) < 4.78 is 21.1. The van der Waals surface area contributed by atoms with Crippen LogP contribution in [0.1, 0.15) is 87.1 Å². The highest BCUT2D eigenvalue weighted by atomic mass is 35.5. The van der Waals surface area contributed by atoms with Gasteiger partial charge in [0.1, 0.15) is 11.4 Å². The maximum atomic E-state index is 13.9. The van der Waals surface area contributed by atoms with Crippen molar-refractivity contribution in [3.8, 4) is 5.69 Å². The van der Waals surface area contributed by atoms with Gasteiger partial charge in [0.05, 0.1) is 29.5 Å². The van der Waals surface area contributed by atoms with E-state index in [1.807, 2.05) is 33.8 Å². The predicted molar refractivity (Wildman–Crippen MR) is 168 cm³/mol. The van der Waals surface area contributed by atoms with Crippen molar-refractivity contribution in [2.45, 2.75) is 78.0 Å². The fourth-order valence-corrected chi connectivity index (χ4v) is 6.31. The second-order valence-electron chi connectivity index (χ2n) is 12.4. The van der Waals surface area contributed by atoms with Gasteiger partial charge in [-0.2, -0.15) is 5.10 Å². The molecular weight excluding hydrogens is 590 g/mol. The summed E-state index contributed by atoms with van der Waals surface area (Å²) in [7, 11) is 0. The lowest BCUT2D eigenvalue weighted by Gasteiger charge is -2.32. The number of hydrogen-bond acceptors (Lipinski definition) is 4. The summed E-state index contributed by atoms with van der Waals surface area (Å²) in [4.78, 5) is 28.8. The molecular formula is C33H37Cl2FN4O3. The molecule has 1 aliphatic carbocycles. The monoisotopic (exact) mass is 626 g/mol. The highest BCUT2D eigenvalue weighted by Crippen LogP contribution is 2.37. The van der Waals surface area contributed by atoms with Gasteiger partial charge in [0.25, 0.3) is 5.91 Å². The Morgan fingerprint density at radius 3 is 2.42 bits per heavy atom. The third-order valence-corrected chi connectivity index (χ3v) is 8.47. The van der Waals surface area contributed by atoms with E-state index in [2.05, 4.69) is 5.32 Å². The number of benzene rings is 2. The van der Waals surface area contributed by atoms with Crippen LogP contribution >= 0.6 is 23.2 Å². The van der Waals surface area contributed by atoms with Gasteiger partial charge in [-0.15, -0.1) is 0 Å². The van der Waals surface area contributed by atoms with Crippen LogP contribution in [0.3, 0.4) is 0 Å². The van der Waals surface area contributed by atoms with Crippen molar-refractivity contribution in [1.29, 1.82) is 0 Å². The molecule has 1 N–H and O–H groups in total. The van der Waals surface area contributed by atoms with Crippen LogP contribution in [0, 0.1) is 11.7 Å². The molecule has 43 heavy (non-hydrogen) atoms. The van der Waals surface area contributed by atoms with Gasteiger partial charge in [0.2, 0.25) is 0 Å². The minimum atomic E-state index is -0.713. The molecule has 1 unspecified atom stereocenters. The highest BCUT2D eigenvalue weighted by Gasteiger charge is 2.36. The summed E-state index contributed by atoms with van der Waals surface area (Å²) in [5.41, 5.74) is 2.67. The summed E-state index contributed by atoms with van der Waals surface area (Å²) in [6.45, 7) is 7.75. The van der Waals surface area contributed by atoms with Gasteiger partial charge in [-0.05, 0) is 94.0 Å². The Labute approximate surface area is 262 Å². The minimum Gasteiger partial charge on any atom is -0.444 e. The number of carbonyl (C=O) groups excluding carboxylic acids is 2. The standard InChI is InChI=1S/C33H37Cl2FN4O3/c1-20(22-8-6-5-7-9-22)37-31(41)29-26-19-39(32(42)43-33(2,3)4)18-23(16-21-10-13-25(36)14-11-21)30(26)40(38-29)28-15-12-24(34)17-27(28)35/h10-17,20,22H,5-9,18-19H2,1-4H3,(H,37,41)/b23-16+. The summed E-state index contributed by atoms with van der Waals surface area (Å²) in [6.07, 6.45) is 7.04. The molecule has 5 rings (SSSR count). The molecule has 0 bridgehead atoms. The molecule has 0 radical (unpaired) electrons. The van der Waals surface area contributed by atoms with E-state index in [9.17, 15) is 14.0 Å². The fourth-order valence-electron chi connectivity index (χ4n) is 5.82. The molecule has 2 amide bonds. The molecule has 3 aromatic rings. The maximum Gasteiger partial charge on any atom is 0.410 e. The Kier molecular flexibility index (Phi) is 9.18. The van der Waals surface area contributed by atoms with Crippen LogP contribution < -0.4 is 5.32 Å². The van der Waals surface area contributed by atoms with Gasteiger partial charge in [-0.25, -0.2) is 13.9 Å². The lowest BCUT2D eigenvalue weighted by molar-refractivity contribution is 0.0254. The number of amides is 2. The van der Waals surface area contributed by atoms with Crippen LogP contribution in [0.5, 0.6) is 0 Å². The molecule has 0 saturated heterocycles. The molecule has 1 aromatic heterocycles. The van der Waals surface area contributed by atoms with E-state index in [4.69, 9.17) is 33.0 Å². The van der Waals surface area contributed by atoms with Crippen molar-refractivity contribution in [2.75, 3.05) is 6.54 Å². The van der Waals surface area contributed by atoms with Crippen LogP contribution in [0.2, 0.25) is 10.0 Å². The number of hydrogen-bond donors (Lipinski definition) is 1. The van der Waals surface area contributed by atoms with Crippen LogP contribution in [-0.2, 0) is 11.3 Å². The molecule has 2 aliphatic rings. The normalized spacial score (nSPS) is 17.5. The van der Waals surface area contributed by atoms with Crippen molar-refractivity contribution < 1.29 is 18.7 Å².